The molecule has 18 heavy (non-hydrogen) atoms. The highest BCUT2D eigenvalue weighted by Crippen LogP contribution is 2.13. The van der Waals surface area contributed by atoms with Gasteiger partial charge in [-0.05, 0) is 37.5 Å². The van der Waals surface area contributed by atoms with E-state index in [1.807, 2.05) is 12.1 Å². The van der Waals surface area contributed by atoms with Crippen LogP contribution in [0.2, 0.25) is 0 Å². The average molecular weight is 314 g/mol. The number of amides is 1. The summed E-state index contributed by atoms with van der Waals surface area (Å²) in [7, 11) is 0. The lowest BCUT2D eigenvalue weighted by Crippen LogP contribution is -2.24. The minimum atomic E-state index is -0.0356. The molecule has 0 spiro atoms. The normalized spacial score (nSPS) is 10.1. The van der Waals surface area contributed by atoms with Gasteiger partial charge in [0, 0.05) is 17.4 Å². The van der Waals surface area contributed by atoms with Crippen LogP contribution in [0, 0.1) is 0 Å². The lowest BCUT2D eigenvalue weighted by molar-refractivity contribution is 0.0952. The number of hydrogen-bond acceptors (Lipinski definition) is 2. The molecule has 0 radical (unpaired) electrons. The summed E-state index contributed by atoms with van der Waals surface area (Å²) in [6, 6.07) is 7.31. The standard InChI is InChI=1S/C14H20BrNO2/c1-2-10-18-13-7-5-6-12(11-13)14(17)16-9-4-3-8-15/h5-7,11H,2-4,8-10H2,1H3,(H,16,17). The number of benzene rings is 1. The van der Waals surface area contributed by atoms with Gasteiger partial charge in [-0.15, -0.1) is 0 Å². The van der Waals surface area contributed by atoms with Gasteiger partial charge < -0.3 is 10.1 Å². The van der Waals surface area contributed by atoms with E-state index in [4.69, 9.17) is 4.74 Å². The van der Waals surface area contributed by atoms with Crippen LogP contribution < -0.4 is 10.1 Å². The Morgan fingerprint density at radius 2 is 2.22 bits per heavy atom. The molecule has 0 atom stereocenters. The van der Waals surface area contributed by atoms with Gasteiger partial charge >= 0.3 is 0 Å². The molecule has 0 aliphatic heterocycles. The Morgan fingerprint density at radius 1 is 1.39 bits per heavy atom. The number of alkyl halides is 1. The summed E-state index contributed by atoms with van der Waals surface area (Å²) >= 11 is 3.37. The maximum atomic E-state index is 11.9. The van der Waals surface area contributed by atoms with Crippen LogP contribution in [0.3, 0.4) is 0 Å². The van der Waals surface area contributed by atoms with Crippen LogP contribution in [0.4, 0.5) is 0 Å². The van der Waals surface area contributed by atoms with Crippen molar-refractivity contribution in [2.45, 2.75) is 26.2 Å². The van der Waals surface area contributed by atoms with Crippen LogP contribution in [-0.2, 0) is 0 Å². The van der Waals surface area contributed by atoms with Gasteiger partial charge in [-0.1, -0.05) is 28.9 Å². The Bertz CT molecular complexity index is 369. The lowest BCUT2D eigenvalue weighted by Gasteiger charge is -2.07. The predicted molar refractivity (Wildman–Crippen MR) is 77.6 cm³/mol. The molecule has 4 heteroatoms. The highest BCUT2D eigenvalue weighted by Gasteiger charge is 2.05. The number of rotatable bonds is 8. The second-order valence-corrected chi connectivity index (χ2v) is 4.82. The first-order chi connectivity index (χ1) is 8.77. The smallest absolute Gasteiger partial charge is 0.251 e. The number of hydrogen-bond donors (Lipinski definition) is 1. The second kappa shape index (κ2) is 8.97. The van der Waals surface area contributed by atoms with Crippen molar-refractivity contribution in [2.24, 2.45) is 0 Å². The fraction of sp³-hybridized carbons (Fsp3) is 0.500. The summed E-state index contributed by atoms with van der Waals surface area (Å²) in [5.74, 6) is 0.719. The van der Waals surface area contributed by atoms with E-state index in [2.05, 4.69) is 28.2 Å². The second-order valence-electron chi connectivity index (χ2n) is 4.03. The third kappa shape index (κ3) is 5.54. The minimum Gasteiger partial charge on any atom is -0.494 e. The predicted octanol–water partition coefficient (Wildman–Crippen LogP) is 3.38. The van der Waals surface area contributed by atoms with Gasteiger partial charge in [0.25, 0.3) is 5.91 Å². The molecule has 1 amide bonds. The van der Waals surface area contributed by atoms with Crippen molar-refractivity contribution in [1.29, 1.82) is 0 Å². The summed E-state index contributed by atoms with van der Waals surface area (Å²) in [5.41, 5.74) is 0.655. The van der Waals surface area contributed by atoms with Gasteiger partial charge in [0.15, 0.2) is 0 Å². The van der Waals surface area contributed by atoms with E-state index in [-0.39, 0.29) is 5.91 Å². The maximum Gasteiger partial charge on any atom is 0.251 e. The van der Waals surface area contributed by atoms with E-state index in [1.54, 1.807) is 12.1 Å². The van der Waals surface area contributed by atoms with E-state index in [0.29, 0.717) is 18.7 Å². The Kier molecular flexibility index (Phi) is 7.49. The van der Waals surface area contributed by atoms with Crippen molar-refractivity contribution in [2.75, 3.05) is 18.5 Å². The fourth-order valence-electron chi connectivity index (χ4n) is 1.47. The Labute approximate surface area is 117 Å². The third-order valence-electron chi connectivity index (χ3n) is 2.42. The molecule has 0 bridgehead atoms. The molecule has 3 nitrogen and oxygen atoms in total. The molecule has 1 N–H and O–H groups in total. The largest absolute Gasteiger partial charge is 0.494 e. The zero-order valence-corrected chi connectivity index (χ0v) is 12.3. The zero-order chi connectivity index (χ0) is 13.2. The summed E-state index contributed by atoms with van der Waals surface area (Å²) in [6.45, 7) is 3.45. The molecule has 0 saturated heterocycles. The number of halogens is 1. The van der Waals surface area contributed by atoms with Gasteiger partial charge in [-0.3, -0.25) is 4.79 Å². The van der Waals surface area contributed by atoms with Crippen molar-refractivity contribution < 1.29 is 9.53 Å². The molecule has 0 aliphatic rings. The molecule has 0 fully saturated rings. The Morgan fingerprint density at radius 3 is 2.94 bits per heavy atom. The van der Waals surface area contributed by atoms with Gasteiger partial charge in [0.2, 0.25) is 0 Å². The highest BCUT2D eigenvalue weighted by molar-refractivity contribution is 9.09. The van der Waals surface area contributed by atoms with E-state index in [1.165, 1.54) is 0 Å². The van der Waals surface area contributed by atoms with Crippen molar-refractivity contribution >= 4 is 21.8 Å². The average Bonchev–Trinajstić information content (AvgIpc) is 2.41. The molecule has 0 heterocycles. The topological polar surface area (TPSA) is 38.3 Å². The van der Waals surface area contributed by atoms with Gasteiger partial charge in [-0.25, -0.2) is 0 Å². The number of nitrogens with one attached hydrogen (secondary N) is 1. The van der Waals surface area contributed by atoms with Crippen molar-refractivity contribution in [3.63, 3.8) is 0 Å². The number of ether oxygens (including phenoxy) is 1. The molecule has 0 aromatic heterocycles. The van der Waals surface area contributed by atoms with E-state index in [0.717, 1.165) is 30.3 Å². The number of unbranched alkanes of at least 4 members (excludes halogenated alkanes) is 1. The first-order valence-electron chi connectivity index (χ1n) is 6.35. The Balaban J connectivity index is 2.46. The lowest BCUT2D eigenvalue weighted by atomic mass is 10.2. The summed E-state index contributed by atoms with van der Waals surface area (Å²) in [4.78, 5) is 11.9. The van der Waals surface area contributed by atoms with Crippen molar-refractivity contribution in [3.8, 4) is 5.75 Å². The Hall–Kier alpha value is -1.03. The molecular weight excluding hydrogens is 294 g/mol. The molecule has 1 rings (SSSR count). The van der Waals surface area contributed by atoms with E-state index >= 15 is 0 Å². The SMILES string of the molecule is CCCOc1cccc(C(=O)NCCCCBr)c1. The van der Waals surface area contributed by atoms with Crippen LogP contribution >= 0.6 is 15.9 Å². The van der Waals surface area contributed by atoms with Crippen LogP contribution in [0.25, 0.3) is 0 Å². The maximum absolute atomic E-state index is 11.9. The molecule has 100 valence electrons. The minimum absolute atomic E-state index is 0.0356. The van der Waals surface area contributed by atoms with Gasteiger partial charge in [-0.2, -0.15) is 0 Å². The zero-order valence-electron chi connectivity index (χ0n) is 10.7. The summed E-state index contributed by atoms with van der Waals surface area (Å²) in [5, 5.41) is 3.88. The van der Waals surface area contributed by atoms with Crippen molar-refractivity contribution in [3.05, 3.63) is 29.8 Å². The molecule has 0 unspecified atom stereocenters. The van der Waals surface area contributed by atoms with Crippen molar-refractivity contribution in [1.82, 2.24) is 5.32 Å². The number of carbonyl (C=O) groups is 1. The summed E-state index contributed by atoms with van der Waals surface area (Å²) in [6.07, 6.45) is 3.02. The van der Waals surface area contributed by atoms with Crippen LogP contribution in [0.1, 0.15) is 36.5 Å². The fourth-order valence-corrected chi connectivity index (χ4v) is 1.87. The van der Waals surface area contributed by atoms with Gasteiger partial charge in [0.1, 0.15) is 5.75 Å². The molecule has 0 saturated carbocycles. The monoisotopic (exact) mass is 313 g/mol. The van der Waals surface area contributed by atoms with Crippen LogP contribution in [0.5, 0.6) is 5.75 Å². The first-order valence-corrected chi connectivity index (χ1v) is 7.47. The van der Waals surface area contributed by atoms with E-state index in [9.17, 15) is 4.79 Å². The highest BCUT2D eigenvalue weighted by atomic mass is 79.9. The number of carbonyl (C=O) groups excluding carboxylic acids is 1. The first kappa shape index (κ1) is 15.0. The quantitative estimate of drug-likeness (QED) is 0.590. The third-order valence-corrected chi connectivity index (χ3v) is 2.98. The van der Waals surface area contributed by atoms with E-state index < -0.39 is 0 Å². The van der Waals surface area contributed by atoms with Gasteiger partial charge in [0.05, 0.1) is 6.61 Å². The molecule has 1 aromatic rings. The molecule has 1 aromatic carbocycles. The molecular formula is C14H20BrNO2. The van der Waals surface area contributed by atoms with Crippen LogP contribution in [0.15, 0.2) is 24.3 Å². The molecule has 0 aliphatic carbocycles. The summed E-state index contributed by atoms with van der Waals surface area (Å²) < 4.78 is 5.50. The van der Waals surface area contributed by atoms with Crippen LogP contribution in [-0.4, -0.2) is 24.4 Å².